The van der Waals surface area contributed by atoms with E-state index in [1.54, 1.807) is 11.8 Å². The second-order valence-electron chi connectivity index (χ2n) is 6.81. The molecule has 0 aromatic rings. The summed E-state index contributed by atoms with van der Waals surface area (Å²) in [5.74, 6) is -0.890. The zero-order chi connectivity index (χ0) is 14.3. The van der Waals surface area contributed by atoms with Gasteiger partial charge in [0.1, 0.15) is 5.54 Å². The Balaban J connectivity index is 2.15. The first-order valence-electron chi connectivity index (χ1n) is 7.06. The summed E-state index contributed by atoms with van der Waals surface area (Å²) in [6.45, 7) is 7.97. The SMILES string of the molecule is CC1(C)CCN(C(=O)N2CCCCC2(C)C(=O)O)C1. The number of piperidine rings is 1. The van der Waals surface area contributed by atoms with E-state index in [1.165, 1.54) is 0 Å². The Labute approximate surface area is 114 Å². The number of nitrogens with zero attached hydrogens (tertiary/aromatic N) is 2. The van der Waals surface area contributed by atoms with Crippen LogP contribution in [0.3, 0.4) is 0 Å². The third kappa shape index (κ3) is 2.55. The highest BCUT2D eigenvalue weighted by Gasteiger charge is 2.46. The van der Waals surface area contributed by atoms with Crippen molar-refractivity contribution in [3.8, 4) is 0 Å². The maximum Gasteiger partial charge on any atom is 0.329 e. The number of urea groups is 1. The molecule has 1 unspecified atom stereocenters. The molecule has 0 bridgehead atoms. The van der Waals surface area contributed by atoms with Crippen LogP contribution in [-0.2, 0) is 4.79 Å². The van der Waals surface area contributed by atoms with Gasteiger partial charge in [-0.1, -0.05) is 13.8 Å². The summed E-state index contributed by atoms with van der Waals surface area (Å²) in [4.78, 5) is 27.5. The predicted octanol–water partition coefficient (Wildman–Crippen LogP) is 2.17. The van der Waals surface area contributed by atoms with Gasteiger partial charge in [0.05, 0.1) is 0 Å². The maximum atomic E-state index is 12.6. The predicted molar refractivity (Wildman–Crippen MR) is 72.0 cm³/mol. The summed E-state index contributed by atoms with van der Waals surface area (Å²) < 4.78 is 0. The maximum absolute atomic E-state index is 12.6. The van der Waals surface area contributed by atoms with Crippen LogP contribution in [-0.4, -0.2) is 52.1 Å². The van der Waals surface area contributed by atoms with E-state index in [2.05, 4.69) is 13.8 Å². The minimum atomic E-state index is -1.04. The summed E-state index contributed by atoms with van der Waals surface area (Å²) in [7, 11) is 0. The lowest BCUT2D eigenvalue weighted by atomic mass is 9.89. The highest BCUT2D eigenvalue weighted by atomic mass is 16.4. The summed E-state index contributed by atoms with van der Waals surface area (Å²) in [6, 6.07) is -0.102. The summed E-state index contributed by atoms with van der Waals surface area (Å²) in [5, 5.41) is 9.45. The fraction of sp³-hybridized carbons (Fsp3) is 0.857. The summed E-state index contributed by atoms with van der Waals surface area (Å²) in [6.07, 6.45) is 3.30. The van der Waals surface area contributed by atoms with Crippen LogP contribution in [0, 0.1) is 5.41 Å². The molecule has 2 fully saturated rings. The molecule has 2 aliphatic heterocycles. The zero-order valence-electron chi connectivity index (χ0n) is 12.1. The Morgan fingerprint density at radius 3 is 2.26 bits per heavy atom. The molecule has 2 heterocycles. The third-order valence-corrected chi connectivity index (χ3v) is 4.53. The molecule has 0 aromatic heterocycles. The van der Waals surface area contributed by atoms with Crippen molar-refractivity contribution in [1.29, 1.82) is 0 Å². The lowest BCUT2D eigenvalue weighted by Crippen LogP contribution is -2.60. The van der Waals surface area contributed by atoms with E-state index in [-0.39, 0.29) is 11.4 Å². The molecule has 0 aromatic carbocycles. The molecule has 2 rings (SSSR count). The normalized spacial score (nSPS) is 30.5. The van der Waals surface area contributed by atoms with Gasteiger partial charge < -0.3 is 14.9 Å². The first kappa shape index (κ1) is 14.2. The fourth-order valence-corrected chi connectivity index (χ4v) is 3.10. The Hall–Kier alpha value is -1.26. The van der Waals surface area contributed by atoms with Crippen LogP contribution in [0.4, 0.5) is 4.79 Å². The van der Waals surface area contributed by atoms with E-state index >= 15 is 0 Å². The van der Waals surface area contributed by atoms with Crippen molar-refractivity contribution in [3.63, 3.8) is 0 Å². The molecule has 0 radical (unpaired) electrons. The molecule has 108 valence electrons. The first-order chi connectivity index (χ1) is 8.76. The number of rotatable bonds is 1. The number of carboxylic acids is 1. The topological polar surface area (TPSA) is 60.9 Å². The van der Waals surface area contributed by atoms with Crippen molar-refractivity contribution in [3.05, 3.63) is 0 Å². The van der Waals surface area contributed by atoms with Crippen molar-refractivity contribution >= 4 is 12.0 Å². The van der Waals surface area contributed by atoms with E-state index < -0.39 is 11.5 Å². The minimum absolute atomic E-state index is 0.102. The van der Waals surface area contributed by atoms with E-state index in [0.29, 0.717) is 13.0 Å². The quantitative estimate of drug-likeness (QED) is 0.792. The number of aliphatic carboxylic acids is 1. The Kier molecular flexibility index (Phi) is 3.49. The summed E-state index contributed by atoms with van der Waals surface area (Å²) in [5.41, 5.74) is -0.896. The van der Waals surface area contributed by atoms with Gasteiger partial charge in [0.15, 0.2) is 0 Å². The molecule has 2 amide bonds. The molecule has 1 N–H and O–H groups in total. The average molecular weight is 268 g/mol. The van der Waals surface area contributed by atoms with E-state index in [4.69, 9.17) is 0 Å². The number of hydrogen-bond acceptors (Lipinski definition) is 2. The zero-order valence-corrected chi connectivity index (χ0v) is 12.1. The fourth-order valence-electron chi connectivity index (χ4n) is 3.10. The summed E-state index contributed by atoms with van der Waals surface area (Å²) >= 11 is 0. The number of carboxylic acid groups (broad SMARTS) is 1. The van der Waals surface area contributed by atoms with Crippen molar-refractivity contribution in [2.45, 2.75) is 52.0 Å². The lowest BCUT2D eigenvalue weighted by molar-refractivity contribution is -0.150. The number of likely N-dealkylation sites (tertiary alicyclic amines) is 2. The lowest BCUT2D eigenvalue weighted by Gasteiger charge is -2.43. The van der Waals surface area contributed by atoms with Crippen molar-refractivity contribution in [1.82, 2.24) is 9.80 Å². The van der Waals surface area contributed by atoms with Crippen LogP contribution in [0.15, 0.2) is 0 Å². The van der Waals surface area contributed by atoms with E-state index in [0.717, 1.165) is 32.4 Å². The molecule has 5 nitrogen and oxygen atoms in total. The van der Waals surface area contributed by atoms with Gasteiger partial charge in [-0.25, -0.2) is 9.59 Å². The molecule has 0 spiro atoms. The van der Waals surface area contributed by atoms with Crippen LogP contribution in [0.5, 0.6) is 0 Å². The van der Waals surface area contributed by atoms with Crippen LogP contribution in [0.1, 0.15) is 46.5 Å². The van der Waals surface area contributed by atoms with Gasteiger partial charge in [0, 0.05) is 19.6 Å². The molecule has 2 saturated heterocycles. The number of hydrogen-bond donors (Lipinski definition) is 1. The number of carbonyl (C=O) groups is 2. The molecule has 19 heavy (non-hydrogen) atoms. The second kappa shape index (κ2) is 4.69. The highest BCUT2D eigenvalue weighted by Crippen LogP contribution is 2.33. The third-order valence-electron chi connectivity index (χ3n) is 4.53. The largest absolute Gasteiger partial charge is 0.480 e. The first-order valence-corrected chi connectivity index (χ1v) is 7.06. The van der Waals surface area contributed by atoms with Crippen LogP contribution in [0.2, 0.25) is 0 Å². The molecule has 1 atom stereocenters. The van der Waals surface area contributed by atoms with Gasteiger partial charge in [-0.05, 0) is 38.0 Å². The van der Waals surface area contributed by atoms with E-state index in [1.807, 2.05) is 4.90 Å². The Bertz CT molecular complexity index is 394. The minimum Gasteiger partial charge on any atom is -0.480 e. The van der Waals surface area contributed by atoms with Gasteiger partial charge in [0.25, 0.3) is 0 Å². The van der Waals surface area contributed by atoms with E-state index in [9.17, 15) is 14.7 Å². The molecule has 5 heteroatoms. The Morgan fingerprint density at radius 2 is 1.74 bits per heavy atom. The monoisotopic (exact) mass is 268 g/mol. The Morgan fingerprint density at radius 1 is 1.05 bits per heavy atom. The standard InChI is InChI=1S/C14H24N2O3/c1-13(2)7-9-15(10-13)12(19)16-8-5-4-6-14(16,3)11(17)18/h4-10H2,1-3H3,(H,17,18). The molecule has 0 saturated carbocycles. The second-order valence-corrected chi connectivity index (χ2v) is 6.81. The molecular formula is C14H24N2O3. The van der Waals surface area contributed by atoms with Crippen LogP contribution in [0.25, 0.3) is 0 Å². The molecule has 0 aliphatic carbocycles. The van der Waals surface area contributed by atoms with Crippen LogP contribution < -0.4 is 0 Å². The average Bonchev–Trinajstić information content (AvgIpc) is 2.69. The molecule has 2 aliphatic rings. The van der Waals surface area contributed by atoms with Crippen molar-refractivity contribution < 1.29 is 14.7 Å². The highest BCUT2D eigenvalue weighted by molar-refractivity contribution is 5.86. The van der Waals surface area contributed by atoms with Gasteiger partial charge in [0.2, 0.25) is 0 Å². The van der Waals surface area contributed by atoms with Crippen LogP contribution >= 0.6 is 0 Å². The molecular weight excluding hydrogens is 244 g/mol. The number of carbonyl (C=O) groups excluding carboxylic acids is 1. The van der Waals surface area contributed by atoms with Gasteiger partial charge in [-0.3, -0.25) is 0 Å². The van der Waals surface area contributed by atoms with Crippen molar-refractivity contribution in [2.24, 2.45) is 5.41 Å². The smallest absolute Gasteiger partial charge is 0.329 e. The number of amides is 2. The van der Waals surface area contributed by atoms with Crippen molar-refractivity contribution in [2.75, 3.05) is 19.6 Å². The van der Waals surface area contributed by atoms with Gasteiger partial charge in [-0.15, -0.1) is 0 Å². The van der Waals surface area contributed by atoms with Gasteiger partial charge >= 0.3 is 12.0 Å². The van der Waals surface area contributed by atoms with Gasteiger partial charge in [-0.2, -0.15) is 0 Å².